The third-order valence-corrected chi connectivity index (χ3v) is 14.9. The molecule has 0 bridgehead atoms. The zero-order chi connectivity index (χ0) is 53.6. The Kier molecular flexibility index (Phi) is 61.1. The van der Waals surface area contributed by atoms with Gasteiger partial charge in [-0.25, -0.2) is 0 Å². The molecular formula is C68H126O6. The summed E-state index contributed by atoms with van der Waals surface area (Å²) in [6, 6.07) is 0. The first kappa shape index (κ1) is 71.6. The maximum atomic E-state index is 12.9. The van der Waals surface area contributed by atoms with E-state index in [0.29, 0.717) is 19.3 Å². The molecule has 74 heavy (non-hydrogen) atoms. The van der Waals surface area contributed by atoms with E-state index in [0.717, 1.165) is 70.6 Å². The second-order valence-electron chi connectivity index (χ2n) is 22.4. The number of hydrogen-bond donors (Lipinski definition) is 0. The average molecular weight is 1040 g/mol. The summed E-state index contributed by atoms with van der Waals surface area (Å²) in [5, 5.41) is 0. The molecule has 6 nitrogen and oxygen atoms in total. The van der Waals surface area contributed by atoms with Crippen molar-refractivity contribution in [3.63, 3.8) is 0 Å². The summed E-state index contributed by atoms with van der Waals surface area (Å²) >= 11 is 0. The molecule has 0 aromatic carbocycles. The van der Waals surface area contributed by atoms with Gasteiger partial charge in [0.15, 0.2) is 6.10 Å². The van der Waals surface area contributed by atoms with E-state index >= 15 is 0 Å². The Morgan fingerprint density at radius 3 is 0.784 bits per heavy atom. The monoisotopic (exact) mass is 1040 g/mol. The van der Waals surface area contributed by atoms with Crippen LogP contribution >= 0.6 is 0 Å². The lowest BCUT2D eigenvalue weighted by atomic mass is 10.0. The summed E-state index contributed by atoms with van der Waals surface area (Å²) in [5.41, 5.74) is 0. The van der Waals surface area contributed by atoms with Crippen LogP contribution in [0.25, 0.3) is 0 Å². The van der Waals surface area contributed by atoms with Crippen molar-refractivity contribution in [1.29, 1.82) is 0 Å². The standard InChI is InChI=1S/C68H126O6/c1-4-7-10-13-16-19-22-25-28-30-31-32-33-34-35-36-37-39-40-43-46-49-52-55-58-61-67(70)73-64-65(63-72-66(69)60-57-54-51-48-45-42-27-24-21-18-15-12-9-6-3)74-68(71)62-59-56-53-50-47-44-41-38-29-26-23-20-17-14-11-8-5-2/h17,20,26,29-31,65H,4-16,18-19,21-25,27-28,32-64H2,1-3H3/b20-17-,29-26-,31-30-. The Morgan fingerprint density at radius 1 is 0.270 bits per heavy atom. The molecule has 0 heterocycles. The molecule has 0 fully saturated rings. The molecule has 1 unspecified atom stereocenters. The van der Waals surface area contributed by atoms with Gasteiger partial charge in [-0.15, -0.1) is 0 Å². The first-order valence-electron chi connectivity index (χ1n) is 33.0. The van der Waals surface area contributed by atoms with E-state index in [1.807, 2.05) is 0 Å². The van der Waals surface area contributed by atoms with E-state index in [1.165, 1.54) is 250 Å². The molecule has 0 N–H and O–H groups in total. The van der Waals surface area contributed by atoms with E-state index in [4.69, 9.17) is 14.2 Å². The smallest absolute Gasteiger partial charge is 0.306 e. The Labute approximate surface area is 461 Å². The highest BCUT2D eigenvalue weighted by Crippen LogP contribution is 2.18. The summed E-state index contributed by atoms with van der Waals surface area (Å²) in [6.45, 7) is 6.67. The van der Waals surface area contributed by atoms with Crippen LogP contribution in [0.2, 0.25) is 0 Å². The van der Waals surface area contributed by atoms with Crippen LogP contribution in [0.1, 0.15) is 361 Å². The minimum absolute atomic E-state index is 0.0707. The molecule has 0 spiro atoms. The van der Waals surface area contributed by atoms with Crippen LogP contribution in [0.15, 0.2) is 36.5 Å². The SMILES string of the molecule is CCCCC/C=C\C/C=C\CCCCCCCCCC(=O)OC(COC(=O)CCCCCCCCCCCCCCCC)COC(=O)CCCCCCCCCCCCCCC/C=C\CCCCCCCCCC. The van der Waals surface area contributed by atoms with E-state index in [9.17, 15) is 14.4 Å². The number of carbonyl (C=O) groups excluding carboxylic acids is 3. The van der Waals surface area contributed by atoms with Gasteiger partial charge in [0.1, 0.15) is 13.2 Å². The minimum Gasteiger partial charge on any atom is -0.462 e. The van der Waals surface area contributed by atoms with Crippen molar-refractivity contribution >= 4 is 17.9 Å². The van der Waals surface area contributed by atoms with Crippen molar-refractivity contribution < 1.29 is 28.6 Å². The molecule has 0 amide bonds. The predicted octanol–water partition coefficient (Wildman–Crippen LogP) is 22.4. The summed E-state index contributed by atoms with van der Waals surface area (Å²) in [5.74, 6) is -0.854. The van der Waals surface area contributed by atoms with Crippen molar-refractivity contribution in [3.8, 4) is 0 Å². The fourth-order valence-corrected chi connectivity index (χ4v) is 9.88. The second kappa shape index (κ2) is 63.2. The van der Waals surface area contributed by atoms with Crippen LogP contribution in [-0.2, 0) is 28.6 Å². The Bertz CT molecular complexity index is 1240. The van der Waals surface area contributed by atoms with Crippen molar-refractivity contribution in [2.75, 3.05) is 13.2 Å². The van der Waals surface area contributed by atoms with Crippen molar-refractivity contribution in [3.05, 3.63) is 36.5 Å². The van der Waals surface area contributed by atoms with E-state index in [1.54, 1.807) is 0 Å². The highest BCUT2D eigenvalue weighted by Gasteiger charge is 2.19. The number of ether oxygens (including phenoxy) is 3. The lowest BCUT2D eigenvalue weighted by Crippen LogP contribution is -2.30. The molecule has 0 saturated heterocycles. The fraction of sp³-hybridized carbons (Fsp3) is 0.868. The maximum absolute atomic E-state index is 12.9. The molecule has 0 aromatic rings. The summed E-state index contributed by atoms with van der Waals surface area (Å²) < 4.78 is 16.9. The number of carbonyl (C=O) groups is 3. The Balaban J connectivity index is 4.26. The van der Waals surface area contributed by atoms with Gasteiger partial charge in [-0.2, -0.15) is 0 Å². The summed E-state index contributed by atoms with van der Waals surface area (Å²) in [6.07, 6.45) is 77.3. The summed E-state index contributed by atoms with van der Waals surface area (Å²) in [4.78, 5) is 38.3. The molecule has 0 aromatic heterocycles. The van der Waals surface area contributed by atoms with E-state index in [2.05, 4.69) is 57.2 Å². The highest BCUT2D eigenvalue weighted by atomic mass is 16.6. The molecule has 0 radical (unpaired) electrons. The molecule has 434 valence electrons. The van der Waals surface area contributed by atoms with E-state index < -0.39 is 6.10 Å². The van der Waals surface area contributed by atoms with Crippen LogP contribution in [0.3, 0.4) is 0 Å². The van der Waals surface area contributed by atoms with Crippen LogP contribution in [0.4, 0.5) is 0 Å². The van der Waals surface area contributed by atoms with Gasteiger partial charge in [0.05, 0.1) is 0 Å². The lowest BCUT2D eigenvalue weighted by Gasteiger charge is -2.18. The fourth-order valence-electron chi connectivity index (χ4n) is 9.88. The van der Waals surface area contributed by atoms with Crippen LogP contribution in [0, 0.1) is 0 Å². The Hall–Kier alpha value is -2.37. The second-order valence-corrected chi connectivity index (χ2v) is 22.4. The van der Waals surface area contributed by atoms with Crippen molar-refractivity contribution in [1.82, 2.24) is 0 Å². The topological polar surface area (TPSA) is 78.9 Å². The van der Waals surface area contributed by atoms with Crippen LogP contribution < -0.4 is 0 Å². The van der Waals surface area contributed by atoms with Crippen molar-refractivity contribution in [2.24, 2.45) is 0 Å². The van der Waals surface area contributed by atoms with Gasteiger partial charge in [-0.05, 0) is 77.0 Å². The molecule has 0 saturated carbocycles. The van der Waals surface area contributed by atoms with Gasteiger partial charge in [-0.1, -0.05) is 301 Å². The molecular weight excluding hydrogens is 913 g/mol. The molecule has 1 atom stereocenters. The first-order valence-corrected chi connectivity index (χ1v) is 33.0. The number of esters is 3. The largest absolute Gasteiger partial charge is 0.462 e. The highest BCUT2D eigenvalue weighted by molar-refractivity contribution is 5.71. The van der Waals surface area contributed by atoms with Gasteiger partial charge < -0.3 is 14.2 Å². The quantitative estimate of drug-likeness (QED) is 0.0261. The molecule has 0 rings (SSSR count). The van der Waals surface area contributed by atoms with Crippen molar-refractivity contribution in [2.45, 2.75) is 367 Å². The number of allylic oxidation sites excluding steroid dienone is 6. The third-order valence-electron chi connectivity index (χ3n) is 14.9. The molecule has 0 aliphatic heterocycles. The van der Waals surface area contributed by atoms with Gasteiger partial charge in [0.2, 0.25) is 0 Å². The Morgan fingerprint density at radius 2 is 0.486 bits per heavy atom. The summed E-state index contributed by atoms with van der Waals surface area (Å²) in [7, 11) is 0. The van der Waals surface area contributed by atoms with Gasteiger partial charge in [-0.3, -0.25) is 14.4 Å². The maximum Gasteiger partial charge on any atom is 0.306 e. The number of unbranched alkanes of at least 4 members (excludes halogenated alkanes) is 44. The minimum atomic E-state index is -0.774. The number of hydrogen-bond acceptors (Lipinski definition) is 6. The molecule has 6 heteroatoms. The van der Waals surface area contributed by atoms with Gasteiger partial charge in [0, 0.05) is 19.3 Å². The normalized spacial score (nSPS) is 12.2. The molecule has 0 aliphatic carbocycles. The zero-order valence-corrected chi connectivity index (χ0v) is 49.9. The lowest BCUT2D eigenvalue weighted by molar-refractivity contribution is -0.167. The van der Waals surface area contributed by atoms with Gasteiger partial charge in [0.25, 0.3) is 0 Å². The molecule has 0 aliphatic rings. The van der Waals surface area contributed by atoms with Crippen LogP contribution in [-0.4, -0.2) is 37.2 Å². The average Bonchev–Trinajstić information content (AvgIpc) is 3.40. The van der Waals surface area contributed by atoms with E-state index in [-0.39, 0.29) is 31.1 Å². The van der Waals surface area contributed by atoms with Gasteiger partial charge >= 0.3 is 17.9 Å². The predicted molar refractivity (Wildman–Crippen MR) is 321 cm³/mol. The zero-order valence-electron chi connectivity index (χ0n) is 49.9. The first-order chi connectivity index (χ1) is 36.5. The number of rotatable bonds is 61. The third kappa shape index (κ3) is 60.5. The van der Waals surface area contributed by atoms with Crippen LogP contribution in [0.5, 0.6) is 0 Å².